The second kappa shape index (κ2) is 8.22. The number of esters is 1. The number of rotatable bonds is 6. The summed E-state index contributed by atoms with van der Waals surface area (Å²) in [5.74, 6) is -2.44. The molecule has 29 heavy (non-hydrogen) atoms. The van der Waals surface area contributed by atoms with Crippen molar-refractivity contribution in [3.05, 3.63) is 70.9 Å². The van der Waals surface area contributed by atoms with Gasteiger partial charge in [0.25, 0.3) is 5.78 Å². The van der Waals surface area contributed by atoms with Crippen molar-refractivity contribution in [3.63, 3.8) is 0 Å². The van der Waals surface area contributed by atoms with Gasteiger partial charge in [-0.25, -0.2) is 4.79 Å². The maximum absolute atomic E-state index is 11.9. The van der Waals surface area contributed by atoms with Gasteiger partial charge in [-0.1, -0.05) is 24.3 Å². The number of phenolic OH excluding ortho intramolecular Hbond substituents is 1. The average molecular weight is 393 g/mol. The van der Waals surface area contributed by atoms with Gasteiger partial charge in [-0.2, -0.15) is 0 Å². The monoisotopic (exact) mass is 393 g/mol. The third-order valence-corrected chi connectivity index (χ3v) is 4.88. The summed E-state index contributed by atoms with van der Waals surface area (Å²) in [7, 11) is 0. The zero-order valence-electron chi connectivity index (χ0n) is 16.6. The number of carbonyl (C=O) groups is 2. The number of aliphatic hydroxyl groups excluding tert-OH is 1. The lowest BCUT2D eigenvalue weighted by Gasteiger charge is -2.12. The molecule has 2 aromatic carbocycles. The van der Waals surface area contributed by atoms with Gasteiger partial charge in [0.2, 0.25) is 0 Å². The highest BCUT2D eigenvalue weighted by Gasteiger charge is 2.19. The summed E-state index contributed by atoms with van der Waals surface area (Å²) in [5.41, 5.74) is 4.36. The second-order valence-corrected chi connectivity index (χ2v) is 6.83. The number of aryl methyl sites for hydroxylation is 2. The van der Waals surface area contributed by atoms with Gasteiger partial charge in [-0.05, 0) is 49.6 Å². The van der Waals surface area contributed by atoms with Crippen molar-refractivity contribution in [2.75, 3.05) is 6.61 Å². The predicted octanol–water partition coefficient (Wildman–Crippen LogP) is 4.04. The molecular weight excluding hydrogens is 370 g/mol. The van der Waals surface area contributed by atoms with Crippen molar-refractivity contribution in [2.45, 2.75) is 27.3 Å². The smallest absolute Gasteiger partial charge is 0.379 e. The number of aromatic nitrogens is 1. The van der Waals surface area contributed by atoms with Gasteiger partial charge in [0, 0.05) is 24.4 Å². The second-order valence-electron chi connectivity index (χ2n) is 6.83. The number of ether oxygens (including phenoxy) is 1. The minimum Gasteiger partial charge on any atom is -0.507 e. The lowest BCUT2D eigenvalue weighted by Crippen LogP contribution is -2.15. The first-order chi connectivity index (χ1) is 13.8. The van der Waals surface area contributed by atoms with Crippen molar-refractivity contribution in [1.29, 1.82) is 0 Å². The normalized spacial score (nSPS) is 11.6. The van der Waals surface area contributed by atoms with Crippen LogP contribution in [-0.4, -0.2) is 33.1 Å². The van der Waals surface area contributed by atoms with Crippen LogP contribution in [0.4, 0.5) is 0 Å². The summed E-state index contributed by atoms with van der Waals surface area (Å²) in [5, 5.41) is 21.3. The SMILES string of the molecule is CCOC(=O)C(=O)C=C(O)c1cn(Cc2c(C)cccc2C)c2cccc(O)c12. The third-order valence-electron chi connectivity index (χ3n) is 4.88. The molecule has 2 N–H and O–H groups in total. The zero-order valence-corrected chi connectivity index (χ0v) is 16.6. The van der Waals surface area contributed by atoms with Crippen molar-refractivity contribution >= 4 is 28.4 Å². The first kappa shape index (κ1) is 20.2. The Labute approximate surface area is 168 Å². The van der Waals surface area contributed by atoms with Crippen LogP contribution in [0.2, 0.25) is 0 Å². The van der Waals surface area contributed by atoms with Crippen LogP contribution in [0.3, 0.4) is 0 Å². The quantitative estimate of drug-likeness (QED) is 0.286. The van der Waals surface area contributed by atoms with E-state index in [-0.39, 0.29) is 17.9 Å². The molecule has 0 aliphatic heterocycles. The first-order valence-corrected chi connectivity index (χ1v) is 9.31. The lowest BCUT2D eigenvalue weighted by atomic mass is 10.0. The molecule has 3 aromatic rings. The topological polar surface area (TPSA) is 88.8 Å². The standard InChI is InChI=1S/C23H23NO5/c1-4-29-23(28)21(27)11-20(26)17-13-24(18-9-6-10-19(25)22(17)18)12-16-14(2)7-5-8-15(16)3/h5-11,13,25-26H,4,12H2,1-3H3. The van der Waals surface area contributed by atoms with Crippen LogP contribution < -0.4 is 0 Å². The molecule has 0 bridgehead atoms. The van der Waals surface area contributed by atoms with Gasteiger partial charge >= 0.3 is 5.97 Å². The summed E-state index contributed by atoms with van der Waals surface area (Å²) in [4.78, 5) is 23.5. The molecule has 6 nitrogen and oxygen atoms in total. The molecule has 0 saturated carbocycles. The number of hydrogen-bond donors (Lipinski definition) is 2. The molecule has 0 spiro atoms. The van der Waals surface area contributed by atoms with E-state index in [0.717, 1.165) is 22.8 Å². The van der Waals surface area contributed by atoms with Crippen LogP contribution in [0.25, 0.3) is 16.7 Å². The molecule has 0 aliphatic rings. The lowest BCUT2D eigenvalue weighted by molar-refractivity contribution is -0.151. The highest BCUT2D eigenvalue weighted by atomic mass is 16.5. The van der Waals surface area contributed by atoms with Crippen LogP contribution in [0.5, 0.6) is 5.75 Å². The molecule has 0 radical (unpaired) electrons. The molecular formula is C23H23NO5. The Balaban J connectivity index is 2.10. The summed E-state index contributed by atoms with van der Waals surface area (Å²) < 4.78 is 6.56. The van der Waals surface area contributed by atoms with E-state index in [1.807, 2.05) is 42.7 Å². The van der Waals surface area contributed by atoms with Crippen molar-refractivity contribution in [1.82, 2.24) is 4.57 Å². The molecule has 0 unspecified atom stereocenters. The van der Waals surface area contributed by atoms with Crippen molar-refractivity contribution < 1.29 is 24.5 Å². The largest absolute Gasteiger partial charge is 0.507 e. The molecule has 1 aromatic heterocycles. The third kappa shape index (κ3) is 4.01. The molecule has 1 heterocycles. The van der Waals surface area contributed by atoms with Gasteiger partial charge < -0.3 is 19.5 Å². The van der Waals surface area contributed by atoms with Crippen LogP contribution in [0.15, 0.2) is 48.7 Å². The molecule has 0 aliphatic carbocycles. The van der Waals surface area contributed by atoms with Gasteiger partial charge in [-0.15, -0.1) is 0 Å². The number of carbonyl (C=O) groups excluding carboxylic acids is 2. The van der Waals surface area contributed by atoms with Crippen LogP contribution >= 0.6 is 0 Å². The van der Waals surface area contributed by atoms with E-state index in [4.69, 9.17) is 0 Å². The number of aliphatic hydroxyl groups is 1. The fourth-order valence-electron chi connectivity index (χ4n) is 3.39. The Kier molecular flexibility index (Phi) is 5.73. The van der Waals surface area contributed by atoms with Gasteiger partial charge in [-0.3, -0.25) is 4.79 Å². The van der Waals surface area contributed by atoms with Gasteiger partial charge in [0.05, 0.1) is 17.5 Å². The fourth-order valence-corrected chi connectivity index (χ4v) is 3.39. The Bertz CT molecular complexity index is 1100. The maximum Gasteiger partial charge on any atom is 0.379 e. The van der Waals surface area contributed by atoms with Crippen molar-refractivity contribution in [2.24, 2.45) is 0 Å². The number of nitrogens with zero attached hydrogens (tertiary/aromatic N) is 1. The van der Waals surface area contributed by atoms with Gasteiger partial charge in [0.1, 0.15) is 11.5 Å². The first-order valence-electron chi connectivity index (χ1n) is 9.31. The van der Waals surface area contributed by atoms with E-state index in [1.54, 1.807) is 19.2 Å². The minimum absolute atomic E-state index is 0.0266. The van der Waals surface area contributed by atoms with E-state index < -0.39 is 17.5 Å². The summed E-state index contributed by atoms with van der Waals surface area (Å²) in [6.07, 6.45) is 2.49. The molecule has 150 valence electrons. The highest BCUT2D eigenvalue weighted by molar-refractivity contribution is 6.39. The summed E-state index contributed by atoms with van der Waals surface area (Å²) >= 11 is 0. The predicted molar refractivity (Wildman–Crippen MR) is 111 cm³/mol. The maximum atomic E-state index is 11.9. The van der Waals surface area contributed by atoms with E-state index in [2.05, 4.69) is 4.74 Å². The molecule has 0 saturated heterocycles. The van der Waals surface area contributed by atoms with E-state index in [1.165, 1.54) is 6.07 Å². The Morgan fingerprint density at radius 3 is 2.41 bits per heavy atom. The van der Waals surface area contributed by atoms with Gasteiger partial charge in [0.15, 0.2) is 0 Å². The molecule has 3 rings (SSSR count). The number of aromatic hydroxyl groups is 1. The molecule has 0 amide bonds. The molecule has 0 atom stereocenters. The van der Waals surface area contributed by atoms with Crippen LogP contribution in [-0.2, 0) is 20.9 Å². The number of phenols is 1. The zero-order chi connectivity index (χ0) is 21.1. The van der Waals surface area contributed by atoms with Crippen LogP contribution in [0, 0.1) is 13.8 Å². The Hall–Kier alpha value is -3.54. The van der Waals surface area contributed by atoms with Crippen LogP contribution in [0.1, 0.15) is 29.2 Å². The van der Waals surface area contributed by atoms with E-state index in [9.17, 15) is 19.8 Å². The minimum atomic E-state index is -1.04. The number of hydrogen-bond acceptors (Lipinski definition) is 5. The fraction of sp³-hybridized carbons (Fsp3) is 0.217. The molecule has 0 fully saturated rings. The Morgan fingerprint density at radius 2 is 1.76 bits per heavy atom. The van der Waals surface area contributed by atoms with E-state index >= 15 is 0 Å². The molecule has 6 heteroatoms. The average Bonchev–Trinajstić information content (AvgIpc) is 3.05. The van der Waals surface area contributed by atoms with E-state index in [0.29, 0.717) is 17.4 Å². The number of fused-ring (bicyclic) bond motifs is 1. The number of benzene rings is 2. The number of ketones is 1. The summed E-state index contributed by atoms with van der Waals surface area (Å²) in [6, 6.07) is 11.1. The summed E-state index contributed by atoms with van der Waals surface area (Å²) in [6.45, 7) is 6.24. The Morgan fingerprint density at radius 1 is 1.10 bits per heavy atom. The highest BCUT2D eigenvalue weighted by Crippen LogP contribution is 2.34. The van der Waals surface area contributed by atoms with Crippen molar-refractivity contribution in [3.8, 4) is 5.75 Å².